The van der Waals surface area contributed by atoms with Gasteiger partial charge in [0.2, 0.25) is 5.91 Å². The Hall–Kier alpha value is -1.78. The second-order valence-electron chi connectivity index (χ2n) is 4.89. The maximum atomic E-state index is 11.8. The van der Waals surface area contributed by atoms with Crippen LogP contribution in [-0.2, 0) is 11.3 Å². The quantitative estimate of drug-likeness (QED) is 0.734. The van der Waals surface area contributed by atoms with Crippen LogP contribution in [0.15, 0.2) is 23.1 Å². The van der Waals surface area contributed by atoms with Crippen molar-refractivity contribution in [1.82, 2.24) is 9.88 Å². The standard InChI is InChI=1S/C14H23N3O2/c1-3-4-5-6-11(2)16-13(18)10-17-9-12(15)7-8-14(17)19/h7-9,11H,3-6,10,15H2,1-2H3,(H,16,18). The highest BCUT2D eigenvalue weighted by atomic mass is 16.2. The Balaban J connectivity index is 2.46. The van der Waals surface area contributed by atoms with Crippen LogP contribution in [0.25, 0.3) is 0 Å². The van der Waals surface area contributed by atoms with Crippen LogP contribution >= 0.6 is 0 Å². The molecule has 0 aliphatic heterocycles. The van der Waals surface area contributed by atoms with E-state index in [-0.39, 0.29) is 24.1 Å². The van der Waals surface area contributed by atoms with Crippen molar-refractivity contribution in [2.45, 2.75) is 52.1 Å². The van der Waals surface area contributed by atoms with Crippen LogP contribution < -0.4 is 16.6 Å². The topological polar surface area (TPSA) is 77.1 Å². The van der Waals surface area contributed by atoms with E-state index in [0.717, 1.165) is 12.8 Å². The molecular formula is C14H23N3O2. The summed E-state index contributed by atoms with van der Waals surface area (Å²) in [6.45, 7) is 4.15. The van der Waals surface area contributed by atoms with Crippen molar-refractivity contribution in [2.75, 3.05) is 5.73 Å². The van der Waals surface area contributed by atoms with E-state index in [9.17, 15) is 9.59 Å². The zero-order valence-corrected chi connectivity index (χ0v) is 11.7. The van der Waals surface area contributed by atoms with E-state index in [1.54, 1.807) is 0 Å². The Morgan fingerprint density at radius 2 is 2.16 bits per heavy atom. The SMILES string of the molecule is CCCCCC(C)NC(=O)Cn1cc(N)ccc1=O. The summed E-state index contributed by atoms with van der Waals surface area (Å²) in [5.74, 6) is -0.156. The minimum Gasteiger partial charge on any atom is -0.398 e. The van der Waals surface area contributed by atoms with Gasteiger partial charge in [0.05, 0.1) is 0 Å². The average molecular weight is 265 g/mol. The number of carbonyl (C=O) groups is 1. The molecule has 5 nitrogen and oxygen atoms in total. The lowest BCUT2D eigenvalue weighted by Gasteiger charge is -2.14. The number of pyridine rings is 1. The maximum absolute atomic E-state index is 11.8. The molecule has 0 aromatic carbocycles. The number of rotatable bonds is 7. The van der Waals surface area contributed by atoms with Gasteiger partial charge in [-0.1, -0.05) is 26.2 Å². The molecule has 0 saturated carbocycles. The highest BCUT2D eigenvalue weighted by Crippen LogP contribution is 2.03. The molecule has 1 amide bonds. The lowest BCUT2D eigenvalue weighted by molar-refractivity contribution is -0.122. The summed E-state index contributed by atoms with van der Waals surface area (Å²) >= 11 is 0. The number of nitrogen functional groups attached to an aromatic ring is 1. The molecule has 0 radical (unpaired) electrons. The van der Waals surface area contributed by atoms with Crippen LogP contribution in [0.4, 0.5) is 5.69 Å². The Morgan fingerprint density at radius 3 is 2.84 bits per heavy atom. The molecule has 1 heterocycles. The number of nitrogens with two attached hydrogens (primary N) is 1. The normalized spacial score (nSPS) is 12.1. The van der Waals surface area contributed by atoms with E-state index in [1.165, 1.54) is 35.7 Å². The summed E-state index contributed by atoms with van der Waals surface area (Å²) in [7, 11) is 0. The van der Waals surface area contributed by atoms with E-state index in [2.05, 4.69) is 12.2 Å². The Bertz CT molecular complexity index is 468. The molecule has 1 atom stereocenters. The van der Waals surface area contributed by atoms with E-state index in [0.29, 0.717) is 5.69 Å². The fourth-order valence-corrected chi connectivity index (χ4v) is 1.92. The second-order valence-corrected chi connectivity index (χ2v) is 4.89. The molecule has 3 N–H and O–H groups in total. The van der Waals surface area contributed by atoms with Gasteiger partial charge in [-0.05, 0) is 19.4 Å². The smallest absolute Gasteiger partial charge is 0.251 e. The van der Waals surface area contributed by atoms with Crippen LogP contribution in [0.5, 0.6) is 0 Å². The first-order valence-electron chi connectivity index (χ1n) is 6.78. The summed E-state index contributed by atoms with van der Waals surface area (Å²) in [4.78, 5) is 23.3. The molecule has 5 heteroatoms. The highest BCUT2D eigenvalue weighted by Gasteiger charge is 2.08. The molecule has 0 spiro atoms. The molecular weight excluding hydrogens is 242 g/mol. The molecule has 0 aliphatic carbocycles. The fraction of sp³-hybridized carbons (Fsp3) is 0.571. The summed E-state index contributed by atoms with van der Waals surface area (Å²) in [6, 6.07) is 3.04. The highest BCUT2D eigenvalue weighted by molar-refractivity contribution is 5.76. The van der Waals surface area contributed by atoms with E-state index in [1.807, 2.05) is 6.92 Å². The first-order chi connectivity index (χ1) is 9.02. The molecule has 1 aromatic rings. The number of hydrogen-bond donors (Lipinski definition) is 2. The molecule has 0 aliphatic rings. The van der Waals surface area contributed by atoms with Crippen molar-refractivity contribution < 1.29 is 4.79 Å². The number of nitrogens with zero attached hydrogens (tertiary/aromatic N) is 1. The van der Waals surface area contributed by atoms with Gasteiger partial charge in [0, 0.05) is 24.0 Å². The van der Waals surface area contributed by atoms with E-state index in [4.69, 9.17) is 5.73 Å². The Labute approximate surface area is 113 Å². The van der Waals surface area contributed by atoms with Crippen LogP contribution in [0.1, 0.15) is 39.5 Å². The number of unbranched alkanes of at least 4 members (excludes halogenated alkanes) is 2. The van der Waals surface area contributed by atoms with Crippen molar-refractivity contribution in [3.8, 4) is 0 Å². The lowest BCUT2D eigenvalue weighted by Crippen LogP contribution is -2.37. The summed E-state index contributed by atoms with van der Waals surface area (Å²) in [5.41, 5.74) is 5.85. The number of nitrogens with one attached hydrogen (secondary N) is 1. The van der Waals surface area contributed by atoms with Gasteiger partial charge in [0.15, 0.2) is 0 Å². The first kappa shape index (κ1) is 15.3. The lowest BCUT2D eigenvalue weighted by atomic mass is 10.1. The van der Waals surface area contributed by atoms with Crippen LogP contribution in [0, 0.1) is 0 Å². The van der Waals surface area contributed by atoms with Crippen molar-refractivity contribution in [1.29, 1.82) is 0 Å². The van der Waals surface area contributed by atoms with Gasteiger partial charge in [-0.2, -0.15) is 0 Å². The summed E-state index contributed by atoms with van der Waals surface area (Å²) in [5, 5.41) is 2.89. The van der Waals surface area contributed by atoms with E-state index >= 15 is 0 Å². The van der Waals surface area contributed by atoms with Gasteiger partial charge < -0.3 is 15.6 Å². The van der Waals surface area contributed by atoms with Gasteiger partial charge in [0.1, 0.15) is 6.54 Å². The zero-order chi connectivity index (χ0) is 14.3. The monoisotopic (exact) mass is 265 g/mol. The van der Waals surface area contributed by atoms with Crippen LogP contribution in [0.3, 0.4) is 0 Å². The number of aromatic nitrogens is 1. The van der Waals surface area contributed by atoms with Crippen LogP contribution in [0.2, 0.25) is 0 Å². The van der Waals surface area contributed by atoms with Gasteiger partial charge >= 0.3 is 0 Å². The molecule has 106 valence electrons. The predicted octanol–water partition coefficient (Wildman–Crippen LogP) is 1.52. The van der Waals surface area contributed by atoms with Gasteiger partial charge in [0.25, 0.3) is 5.56 Å². The fourth-order valence-electron chi connectivity index (χ4n) is 1.92. The largest absolute Gasteiger partial charge is 0.398 e. The van der Waals surface area contributed by atoms with Crippen molar-refractivity contribution in [3.05, 3.63) is 28.7 Å². The minimum absolute atomic E-state index is 0.0159. The molecule has 1 unspecified atom stereocenters. The molecule has 1 rings (SSSR count). The van der Waals surface area contributed by atoms with Crippen molar-refractivity contribution in [3.63, 3.8) is 0 Å². The zero-order valence-electron chi connectivity index (χ0n) is 11.7. The Kier molecular flexibility index (Phi) is 6.12. The minimum atomic E-state index is -0.219. The average Bonchev–Trinajstić information content (AvgIpc) is 2.34. The Morgan fingerprint density at radius 1 is 1.42 bits per heavy atom. The molecule has 1 aromatic heterocycles. The van der Waals surface area contributed by atoms with Crippen molar-refractivity contribution >= 4 is 11.6 Å². The first-order valence-corrected chi connectivity index (χ1v) is 6.78. The number of amides is 1. The third-order valence-electron chi connectivity index (χ3n) is 2.97. The predicted molar refractivity (Wildman–Crippen MR) is 76.9 cm³/mol. The molecule has 19 heavy (non-hydrogen) atoms. The number of hydrogen-bond acceptors (Lipinski definition) is 3. The summed E-state index contributed by atoms with van der Waals surface area (Å²) in [6.07, 6.45) is 5.90. The van der Waals surface area contributed by atoms with Gasteiger partial charge in [-0.25, -0.2) is 0 Å². The number of carbonyl (C=O) groups excluding carboxylic acids is 1. The van der Waals surface area contributed by atoms with Crippen molar-refractivity contribution in [2.24, 2.45) is 0 Å². The van der Waals surface area contributed by atoms with Crippen LogP contribution in [-0.4, -0.2) is 16.5 Å². The number of anilines is 1. The summed E-state index contributed by atoms with van der Waals surface area (Å²) < 4.78 is 1.32. The second kappa shape index (κ2) is 7.61. The molecule has 0 saturated heterocycles. The third kappa shape index (κ3) is 5.59. The third-order valence-corrected chi connectivity index (χ3v) is 2.97. The molecule has 0 fully saturated rings. The van der Waals surface area contributed by atoms with E-state index < -0.39 is 0 Å². The molecule has 0 bridgehead atoms. The van der Waals surface area contributed by atoms with Gasteiger partial charge in [-0.15, -0.1) is 0 Å². The maximum Gasteiger partial charge on any atom is 0.251 e. The van der Waals surface area contributed by atoms with Gasteiger partial charge in [-0.3, -0.25) is 9.59 Å².